The Morgan fingerprint density at radius 1 is 1.06 bits per heavy atom. The fraction of sp³-hybridized carbons (Fsp3) is 1.00. The van der Waals surface area contributed by atoms with E-state index in [1.807, 2.05) is 0 Å². The van der Waals surface area contributed by atoms with Crippen molar-refractivity contribution in [3.05, 3.63) is 0 Å². The Bertz CT molecular complexity index is 195. The summed E-state index contributed by atoms with van der Waals surface area (Å²) in [6.07, 6.45) is 5.90. The Morgan fingerprint density at radius 2 is 1.56 bits per heavy atom. The number of hydrogen-bond acceptors (Lipinski definition) is 2. The summed E-state index contributed by atoms with van der Waals surface area (Å²) in [5.41, 5.74) is 0. The third-order valence-corrected chi connectivity index (χ3v) is 4.20. The lowest BCUT2D eigenvalue weighted by Crippen LogP contribution is -2.48. The fourth-order valence-electron chi connectivity index (χ4n) is 2.48. The van der Waals surface area contributed by atoms with Crippen molar-refractivity contribution in [1.82, 2.24) is 10.2 Å². The van der Waals surface area contributed by atoms with Crippen LogP contribution in [0.2, 0.25) is 0 Å². The average Bonchev–Trinajstić information content (AvgIpc) is 3.10. The highest BCUT2D eigenvalue weighted by atomic mass is 15.2. The number of hydrogen-bond donors (Lipinski definition) is 1. The van der Waals surface area contributed by atoms with Crippen LogP contribution in [-0.2, 0) is 0 Å². The van der Waals surface area contributed by atoms with E-state index in [-0.39, 0.29) is 0 Å². The summed E-state index contributed by atoms with van der Waals surface area (Å²) in [7, 11) is 0. The van der Waals surface area contributed by atoms with Gasteiger partial charge in [0.1, 0.15) is 0 Å². The predicted molar refractivity (Wildman–Crippen MR) is 69.6 cm³/mol. The van der Waals surface area contributed by atoms with Gasteiger partial charge in [-0.2, -0.15) is 0 Å². The smallest absolute Gasteiger partial charge is 0.0218 e. The first-order valence-corrected chi connectivity index (χ1v) is 7.18. The third-order valence-electron chi connectivity index (χ3n) is 4.20. The Balaban J connectivity index is 1.81. The van der Waals surface area contributed by atoms with Gasteiger partial charge in [-0.3, -0.25) is 4.90 Å². The standard InChI is InChI=1S/C14H28N2/c1-4-15-11(2)12(3)16(9-13-5-6-13)10-14-7-8-14/h11-15H,4-10H2,1-3H3. The summed E-state index contributed by atoms with van der Waals surface area (Å²) in [5.74, 6) is 2.05. The zero-order valence-corrected chi connectivity index (χ0v) is 11.2. The minimum Gasteiger partial charge on any atom is -0.313 e. The van der Waals surface area contributed by atoms with Crippen LogP contribution in [0.3, 0.4) is 0 Å². The van der Waals surface area contributed by atoms with Gasteiger partial charge in [0.05, 0.1) is 0 Å². The van der Waals surface area contributed by atoms with E-state index in [0.717, 1.165) is 18.4 Å². The first-order valence-electron chi connectivity index (χ1n) is 7.18. The van der Waals surface area contributed by atoms with E-state index >= 15 is 0 Å². The Hall–Kier alpha value is -0.0800. The van der Waals surface area contributed by atoms with E-state index in [1.54, 1.807) is 0 Å². The van der Waals surface area contributed by atoms with Crippen LogP contribution >= 0.6 is 0 Å². The van der Waals surface area contributed by atoms with E-state index in [0.29, 0.717) is 12.1 Å². The van der Waals surface area contributed by atoms with E-state index in [1.165, 1.54) is 38.8 Å². The molecule has 0 aromatic rings. The molecular weight excluding hydrogens is 196 g/mol. The van der Waals surface area contributed by atoms with Crippen LogP contribution in [0.25, 0.3) is 0 Å². The first-order chi connectivity index (χ1) is 7.70. The summed E-state index contributed by atoms with van der Waals surface area (Å²) < 4.78 is 0. The summed E-state index contributed by atoms with van der Waals surface area (Å²) in [5, 5.41) is 3.57. The molecule has 0 aromatic heterocycles. The van der Waals surface area contributed by atoms with Crippen molar-refractivity contribution >= 4 is 0 Å². The minimum absolute atomic E-state index is 0.627. The third kappa shape index (κ3) is 3.74. The van der Waals surface area contributed by atoms with Gasteiger partial charge in [-0.05, 0) is 57.9 Å². The van der Waals surface area contributed by atoms with Crippen LogP contribution in [0.15, 0.2) is 0 Å². The number of nitrogens with one attached hydrogen (secondary N) is 1. The van der Waals surface area contributed by atoms with Gasteiger partial charge in [-0.25, -0.2) is 0 Å². The van der Waals surface area contributed by atoms with Gasteiger partial charge in [-0.1, -0.05) is 6.92 Å². The van der Waals surface area contributed by atoms with Crippen molar-refractivity contribution < 1.29 is 0 Å². The molecule has 2 aliphatic rings. The van der Waals surface area contributed by atoms with E-state index < -0.39 is 0 Å². The molecule has 0 bridgehead atoms. The molecule has 0 amide bonds. The van der Waals surface area contributed by atoms with E-state index in [2.05, 4.69) is 31.0 Å². The maximum atomic E-state index is 3.57. The van der Waals surface area contributed by atoms with Crippen LogP contribution in [0.4, 0.5) is 0 Å². The molecule has 2 heteroatoms. The lowest BCUT2D eigenvalue weighted by atomic mass is 10.1. The molecule has 2 aliphatic carbocycles. The van der Waals surface area contributed by atoms with Crippen molar-refractivity contribution in [2.24, 2.45) is 11.8 Å². The molecule has 2 atom stereocenters. The summed E-state index contributed by atoms with van der Waals surface area (Å²) in [4.78, 5) is 2.75. The maximum absolute atomic E-state index is 3.57. The molecule has 0 saturated heterocycles. The Morgan fingerprint density at radius 3 is 1.94 bits per heavy atom. The first kappa shape index (κ1) is 12.4. The average molecular weight is 224 g/mol. The molecular formula is C14H28N2. The summed E-state index contributed by atoms with van der Waals surface area (Å²) >= 11 is 0. The molecule has 2 unspecified atom stereocenters. The van der Waals surface area contributed by atoms with Crippen LogP contribution < -0.4 is 5.32 Å². The highest BCUT2D eigenvalue weighted by molar-refractivity contribution is 4.87. The molecule has 1 N–H and O–H groups in total. The topological polar surface area (TPSA) is 15.3 Å². The Kier molecular flexibility index (Phi) is 4.26. The van der Waals surface area contributed by atoms with Gasteiger partial charge in [-0.15, -0.1) is 0 Å². The quantitative estimate of drug-likeness (QED) is 0.681. The van der Waals surface area contributed by atoms with Gasteiger partial charge in [0.25, 0.3) is 0 Å². The second-order valence-corrected chi connectivity index (χ2v) is 5.93. The molecule has 0 heterocycles. The van der Waals surface area contributed by atoms with E-state index in [4.69, 9.17) is 0 Å². The molecule has 0 aromatic carbocycles. The molecule has 0 radical (unpaired) electrons. The van der Waals surface area contributed by atoms with Crippen LogP contribution in [-0.4, -0.2) is 36.6 Å². The van der Waals surface area contributed by atoms with Crippen molar-refractivity contribution in [1.29, 1.82) is 0 Å². The van der Waals surface area contributed by atoms with Gasteiger partial charge >= 0.3 is 0 Å². The molecule has 2 fully saturated rings. The molecule has 2 rings (SSSR count). The number of rotatable bonds is 8. The zero-order chi connectivity index (χ0) is 11.5. The minimum atomic E-state index is 0.627. The normalized spacial score (nSPS) is 24.8. The molecule has 94 valence electrons. The number of likely N-dealkylation sites (N-methyl/N-ethyl adjacent to an activating group) is 1. The molecule has 0 spiro atoms. The van der Waals surface area contributed by atoms with Gasteiger partial charge in [0.15, 0.2) is 0 Å². The zero-order valence-electron chi connectivity index (χ0n) is 11.2. The second kappa shape index (κ2) is 5.50. The summed E-state index contributed by atoms with van der Waals surface area (Å²) in [6.45, 7) is 10.7. The molecule has 0 aliphatic heterocycles. The van der Waals surface area contributed by atoms with E-state index in [9.17, 15) is 0 Å². The Labute approximate surface area is 101 Å². The van der Waals surface area contributed by atoms with Crippen molar-refractivity contribution in [2.75, 3.05) is 19.6 Å². The monoisotopic (exact) mass is 224 g/mol. The SMILES string of the molecule is CCNC(C)C(C)N(CC1CC1)CC1CC1. The van der Waals surface area contributed by atoms with Gasteiger partial charge in [0.2, 0.25) is 0 Å². The highest BCUT2D eigenvalue weighted by Gasteiger charge is 2.32. The summed E-state index contributed by atoms with van der Waals surface area (Å²) in [6, 6.07) is 1.32. The maximum Gasteiger partial charge on any atom is 0.0218 e. The van der Waals surface area contributed by atoms with Crippen molar-refractivity contribution in [2.45, 2.75) is 58.5 Å². The van der Waals surface area contributed by atoms with Crippen molar-refractivity contribution in [3.63, 3.8) is 0 Å². The molecule has 2 nitrogen and oxygen atoms in total. The van der Waals surface area contributed by atoms with Crippen molar-refractivity contribution in [3.8, 4) is 0 Å². The molecule has 2 saturated carbocycles. The fourth-order valence-corrected chi connectivity index (χ4v) is 2.48. The van der Waals surface area contributed by atoms with Crippen LogP contribution in [0.1, 0.15) is 46.5 Å². The molecule has 16 heavy (non-hydrogen) atoms. The lowest BCUT2D eigenvalue weighted by Gasteiger charge is -2.33. The van der Waals surface area contributed by atoms with Crippen LogP contribution in [0, 0.1) is 11.8 Å². The van der Waals surface area contributed by atoms with Gasteiger partial charge < -0.3 is 5.32 Å². The predicted octanol–water partition coefficient (Wildman–Crippen LogP) is 2.49. The van der Waals surface area contributed by atoms with Crippen LogP contribution in [0.5, 0.6) is 0 Å². The second-order valence-electron chi connectivity index (χ2n) is 5.93. The highest BCUT2D eigenvalue weighted by Crippen LogP contribution is 2.34. The van der Waals surface area contributed by atoms with Gasteiger partial charge in [0, 0.05) is 25.2 Å². The number of nitrogens with zero attached hydrogens (tertiary/aromatic N) is 1. The lowest BCUT2D eigenvalue weighted by molar-refractivity contribution is 0.161. The largest absolute Gasteiger partial charge is 0.313 e.